The van der Waals surface area contributed by atoms with Gasteiger partial charge in [0.05, 0.1) is 18.2 Å². The number of aliphatic hydroxyl groups is 3. The smallest absolute Gasteiger partial charge is 0.138 e. The lowest BCUT2D eigenvalue weighted by Gasteiger charge is -2.23. The summed E-state index contributed by atoms with van der Waals surface area (Å²) >= 11 is 6.00. The van der Waals surface area contributed by atoms with Crippen molar-refractivity contribution >= 4 is 11.6 Å². The van der Waals surface area contributed by atoms with Crippen LogP contribution >= 0.6 is 11.6 Å². The molecule has 1 atom stereocenters. The Kier molecular flexibility index (Phi) is 7.87. The number of nitrogens with zero attached hydrogens (tertiary/aromatic N) is 1. The van der Waals surface area contributed by atoms with Gasteiger partial charge in [-0.05, 0) is 24.6 Å². The van der Waals surface area contributed by atoms with E-state index in [4.69, 9.17) is 26.6 Å². The lowest BCUT2D eigenvalue weighted by molar-refractivity contribution is 0.0552. The molecular weight excluding hydrogens is 282 g/mol. The van der Waals surface area contributed by atoms with Crippen LogP contribution in [0.15, 0.2) is 18.2 Å². The van der Waals surface area contributed by atoms with Crippen molar-refractivity contribution in [2.75, 3.05) is 39.5 Å². The minimum atomic E-state index is -0.718. The molecule has 114 valence electrons. The number of hydrogen-bond acceptors (Lipinski definition) is 5. The first-order valence-corrected chi connectivity index (χ1v) is 6.95. The van der Waals surface area contributed by atoms with Gasteiger partial charge in [-0.2, -0.15) is 0 Å². The van der Waals surface area contributed by atoms with Crippen LogP contribution in [0.2, 0.25) is 5.02 Å². The van der Waals surface area contributed by atoms with Crippen LogP contribution in [0.4, 0.5) is 0 Å². The number of hydrogen-bond donors (Lipinski definition) is 3. The lowest BCUT2D eigenvalue weighted by Crippen LogP contribution is -2.38. The Morgan fingerprint density at radius 1 is 1.25 bits per heavy atom. The molecule has 1 rings (SSSR count). The second-order valence-corrected chi connectivity index (χ2v) is 5.05. The van der Waals surface area contributed by atoms with Crippen LogP contribution in [-0.2, 0) is 0 Å². The predicted octanol–water partition coefficient (Wildman–Crippen LogP) is 0.675. The van der Waals surface area contributed by atoms with Crippen molar-refractivity contribution in [3.63, 3.8) is 0 Å². The van der Waals surface area contributed by atoms with E-state index in [1.165, 1.54) is 0 Å². The first-order chi connectivity index (χ1) is 9.56. The monoisotopic (exact) mass is 303 g/mol. The molecule has 0 unspecified atom stereocenters. The third-order valence-corrected chi connectivity index (χ3v) is 3.13. The molecule has 3 N–H and O–H groups in total. The number of ether oxygens (including phenoxy) is 1. The first-order valence-electron chi connectivity index (χ1n) is 6.58. The van der Waals surface area contributed by atoms with Crippen LogP contribution in [-0.4, -0.2) is 65.8 Å². The molecule has 0 aliphatic rings. The van der Waals surface area contributed by atoms with Crippen LogP contribution in [0.3, 0.4) is 0 Å². The van der Waals surface area contributed by atoms with Crippen molar-refractivity contribution < 1.29 is 20.1 Å². The Morgan fingerprint density at radius 2 is 1.90 bits per heavy atom. The Hall–Kier alpha value is -0.850. The zero-order valence-corrected chi connectivity index (χ0v) is 12.4. The van der Waals surface area contributed by atoms with Crippen LogP contribution in [0, 0.1) is 6.92 Å². The molecule has 0 bridgehead atoms. The summed E-state index contributed by atoms with van der Waals surface area (Å²) in [5.74, 6) is 0.543. The fourth-order valence-corrected chi connectivity index (χ4v) is 2.01. The van der Waals surface area contributed by atoms with Crippen LogP contribution in [0.1, 0.15) is 5.56 Å². The average molecular weight is 304 g/mol. The lowest BCUT2D eigenvalue weighted by atomic mass is 10.2. The van der Waals surface area contributed by atoms with Gasteiger partial charge in [-0.15, -0.1) is 0 Å². The van der Waals surface area contributed by atoms with Gasteiger partial charge in [0.25, 0.3) is 0 Å². The molecule has 0 aliphatic carbocycles. The maximum atomic E-state index is 9.92. The zero-order valence-electron chi connectivity index (χ0n) is 11.6. The van der Waals surface area contributed by atoms with Crippen molar-refractivity contribution in [2.24, 2.45) is 0 Å². The van der Waals surface area contributed by atoms with E-state index in [9.17, 15) is 5.11 Å². The molecule has 0 fully saturated rings. The van der Waals surface area contributed by atoms with E-state index in [1.807, 2.05) is 19.1 Å². The molecule has 1 aromatic rings. The van der Waals surface area contributed by atoms with Crippen LogP contribution in [0.5, 0.6) is 5.75 Å². The summed E-state index contributed by atoms with van der Waals surface area (Å²) < 4.78 is 5.50. The highest BCUT2D eigenvalue weighted by Crippen LogP contribution is 2.25. The minimum absolute atomic E-state index is 0.0166. The fraction of sp³-hybridized carbons (Fsp3) is 0.571. The molecular formula is C14H22ClNO4. The Labute approximate surface area is 124 Å². The Morgan fingerprint density at radius 3 is 2.50 bits per heavy atom. The van der Waals surface area contributed by atoms with Gasteiger partial charge in [0.1, 0.15) is 18.5 Å². The second-order valence-electron chi connectivity index (χ2n) is 4.65. The summed E-state index contributed by atoms with van der Waals surface area (Å²) in [5, 5.41) is 28.2. The number of benzene rings is 1. The quantitative estimate of drug-likeness (QED) is 0.625. The highest BCUT2D eigenvalue weighted by molar-refractivity contribution is 6.32. The molecule has 20 heavy (non-hydrogen) atoms. The fourth-order valence-electron chi connectivity index (χ4n) is 1.84. The minimum Gasteiger partial charge on any atom is -0.489 e. The van der Waals surface area contributed by atoms with Crippen LogP contribution in [0.25, 0.3) is 0 Å². The van der Waals surface area contributed by atoms with E-state index >= 15 is 0 Å². The van der Waals surface area contributed by atoms with Crippen LogP contribution < -0.4 is 4.74 Å². The summed E-state index contributed by atoms with van der Waals surface area (Å²) in [5.41, 5.74) is 1.03. The highest BCUT2D eigenvalue weighted by Gasteiger charge is 2.12. The topological polar surface area (TPSA) is 73.2 Å². The summed E-state index contributed by atoms with van der Waals surface area (Å²) in [4.78, 5) is 1.77. The average Bonchev–Trinajstić information content (AvgIpc) is 2.40. The van der Waals surface area contributed by atoms with Crippen molar-refractivity contribution in [2.45, 2.75) is 13.0 Å². The molecule has 5 nitrogen and oxygen atoms in total. The Bertz CT molecular complexity index is 397. The van der Waals surface area contributed by atoms with E-state index in [1.54, 1.807) is 11.0 Å². The number of aliphatic hydroxyl groups excluding tert-OH is 3. The van der Waals surface area contributed by atoms with Crippen molar-refractivity contribution in [1.29, 1.82) is 0 Å². The molecule has 0 amide bonds. The van der Waals surface area contributed by atoms with Gasteiger partial charge in [0.15, 0.2) is 0 Å². The number of halogens is 1. The second kappa shape index (κ2) is 9.15. The molecule has 0 aliphatic heterocycles. The van der Waals surface area contributed by atoms with Gasteiger partial charge in [-0.3, -0.25) is 4.90 Å². The summed E-state index contributed by atoms with van der Waals surface area (Å²) in [6.45, 7) is 3.14. The molecule has 0 saturated carbocycles. The van der Waals surface area contributed by atoms with Gasteiger partial charge < -0.3 is 20.1 Å². The molecule has 1 aromatic carbocycles. The van der Waals surface area contributed by atoms with E-state index < -0.39 is 6.10 Å². The SMILES string of the molecule is Cc1ccc(Cl)c(OC[C@@H](O)CN(CCO)CCO)c1. The van der Waals surface area contributed by atoms with Gasteiger partial charge in [-0.1, -0.05) is 17.7 Å². The van der Waals surface area contributed by atoms with E-state index in [-0.39, 0.29) is 19.8 Å². The maximum absolute atomic E-state index is 9.92. The largest absolute Gasteiger partial charge is 0.489 e. The first kappa shape index (κ1) is 17.2. The van der Waals surface area contributed by atoms with Gasteiger partial charge in [0.2, 0.25) is 0 Å². The zero-order chi connectivity index (χ0) is 15.0. The number of aryl methyl sites for hydroxylation is 1. The Balaban J connectivity index is 2.45. The summed E-state index contributed by atoms with van der Waals surface area (Å²) in [7, 11) is 0. The maximum Gasteiger partial charge on any atom is 0.138 e. The van der Waals surface area contributed by atoms with Gasteiger partial charge in [-0.25, -0.2) is 0 Å². The van der Waals surface area contributed by atoms with E-state index in [0.717, 1.165) is 5.56 Å². The molecule has 6 heteroatoms. The highest BCUT2D eigenvalue weighted by atomic mass is 35.5. The molecule has 0 saturated heterocycles. The molecule has 0 aromatic heterocycles. The van der Waals surface area contributed by atoms with Crippen molar-refractivity contribution in [3.05, 3.63) is 28.8 Å². The summed E-state index contributed by atoms with van der Waals surface area (Å²) in [6, 6.07) is 5.45. The van der Waals surface area contributed by atoms with Gasteiger partial charge in [0, 0.05) is 19.6 Å². The number of rotatable bonds is 9. The van der Waals surface area contributed by atoms with Crippen molar-refractivity contribution in [3.8, 4) is 5.75 Å². The van der Waals surface area contributed by atoms with Gasteiger partial charge >= 0.3 is 0 Å². The third-order valence-electron chi connectivity index (χ3n) is 2.82. The third kappa shape index (κ3) is 6.07. The standard InChI is InChI=1S/C14H22ClNO4/c1-11-2-3-13(15)14(8-11)20-10-12(19)9-16(4-6-17)5-7-18/h2-3,8,12,17-19H,4-7,9-10H2,1H3/t12-/m0/s1. The van der Waals surface area contributed by atoms with Crippen molar-refractivity contribution in [1.82, 2.24) is 4.90 Å². The molecule has 0 radical (unpaired) electrons. The van der Waals surface area contributed by atoms with E-state index in [2.05, 4.69) is 0 Å². The molecule has 0 heterocycles. The predicted molar refractivity (Wildman–Crippen MR) is 78.3 cm³/mol. The van der Waals surface area contributed by atoms with E-state index in [0.29, 0.717) is 30.4 Å². The summed E-state index contributed by atoms with van der Waals surface area (Å²) in [6.07, 6.45) is -0.718. The molecule has 0 spiro atoms. The normalized spacial score (nSPS) is 12.7.